The Bertz CT molecular complexity index is 996. The van der Waals surface area contributed by atoms with Crippen molar-refractivity contribution in [3.8, 4) is 0 Å². The topological polar surface area (TPSA) is 34.1 Å². The summed E-state index contributed by atoms with van der Waals surface area (Å²) in [5.74, 6) is 0.690. The van der Waals surface area contributed by atoms with E-state index in [0.717, 1.165) is 25.7 Å². The molecule has 0 spiro atoms. The largest absolute Gasteiger partial charge is 0.300 e. The van der Waals surface area contributed by atoms with Crippen molar-refractivity contribution in [3.63, 3.8) is 0 Å². The van der Waals surface area contributed by atoms with Crippen LogP contribution in [0.3, 0.4) is 0 Å². The van der Waals surface area contributed by atoms with Gasteiger partial charge in [0.1, 0.15) is 11.6 Å². The summed E-state index contributed by atoms with van der Waals surface area (Å²) in [7, 11) is 0. The number of carbonyl (C=O) groups excluding carboxylic acids is 2. The minimum Gasteiger partial charge on any atom is -0.300 e. The van der Waals surface area contributed by atoms with Gasteiger partial charge in [-0.05, 0) is 61.8 Å². The van der Waals surface area contributed by atoms with Crippen LogP contribution < -0.4 is 0 Å². The predicted octanol–water partition coefficient (Wildman–Crippen LogP) is 7.35. The number of Topliss-reactive ketones (excluding diaryl/α,β-unsaturated/α-hetero) is 2. The van der Waals surface area contributed by atoms with Gasteiger partial charge in [-0.3, -0.25) is 9.59 Å². The van der Waals surface area contributed by atoms with Crippen LogP contribution in [0.15, 0.2) is 121 Å². The molecule has 194 valence electrons. The van der Waals surface area contributed by atoms with Gasteiger partial charge in [0.15, 0.2) is 0 Å². The van der Waals surface area contributed by atoms with Gasteiger partial charge >= 0.3 is 0 Å². The van der Waals surface area contributed by atoms with E-state index in [2.05, 4.69) is 48.5 Å². The molecule has 0 saturated carbocycles. The third-order valence-electron chi connectivity index (χ3n) is 6.45. The average molecular weight is 672 g/mol. The molecule has 0 heterocycles. The first-order chi connectivity index (χ1) is 17.5. The molecule has 4 aromatic carbocycles. The standard InChI is InChI=1S/2C17H18O.Pt/c2*1-14(18)17(12-15-8-4-2-5-9-15)13-16-10-6-3-7-11-16;/h2*2-11,17H,12-13H2,1H3;. The molecule has 4 aromatic rings. The van der Waals surface area contributed by atoms with E-state index < -0.39 is 0 Å². The zero-order valence-corrected chi connectivity index (χ0v) is 23.9. The molecule has 0 aliphatic heterocycles. The van der Waals surface area contributed by atoms with Gasteiger partial charge in [0.05, 0.1) is 0 Å². The Morgan fingerprint density at radius 2 is 0.622 bits per heavy atom. The molecule has 0 amide bonds. The Kier molecular flexibility index (Phi) is 13.5. The van der Waals surface area contributed by atoms with Crippen LogP contribution in [0.4, 0.5) is 0 Å². The maximum absolute atomic E-state index is 11.8. The molecular weight excluding hydrogens is 635 g/mol. The van der Waals surface area contributed by atoms with E-state index in [1.54, 1.807) is 13.8 Å². The first kappa shape index (κ1) is 30.1. The molecule has 3 heteroatoms. The molecule has 0 aliphatic rings. The quantitative estimate of drug-likeness (QED) is 0.177. The van der Waals surface area contributed by atoms with Gasteiger partial charge in [0.2, 0.25) is 0 Å². The molecule has 0 saturated heterocycles. The van der Waals surface area contributed by atoms with Gasteiger partial charge in [-0.1, -0.05) is 121 Å². The maximum atomic E-state index is 11.8. The Morgan fingerprint density at radius 3 is 0.784 bits per heavy atom. The molecule has 0 unspecified atom stereocenters. The second kappa shape index (κ2) is 16.6. The van der Waals surface area contributed by atoms with E-state index in [1.165, 1.54) is 22.3 Å². The molecule has 4 rings (SSSR count). The van der Waals surface area contributed by atoms with E-state index in [-0.39, 0.29) is 44.5 Å². The van der Waals surface area contributed by atoms with Crippen LogP contribution in [-0.2, 0) is 56.3 Å². The van der Waals surface area contributed by atoms with Crippen LogP contribution in [0.1, 0.15) is 36.1 Å². The molecule has 0 aliphatic carbocycles. The molecule has 0 bridgehead atoms. The minimum absolute atomic E-state index is 0. The fourth-order valence-corrected chi connectivity index (χ4v) is 4.31. The predicted molar refractivity (Wildman–Crippen MR) is 149 cm³/mol. The summed E-state index contributed by atoms with van der Waals surface area (Å²) in [5, 5.41) is 0. The van der Waals surface area contributed by atoms with Crippen LogP contribution >= 0.6 is 0 Å². The van der Waals surface area contributed by atoms with Gasteiger partial charge in [0.25, 0.3) is 0 Å². The first-order valence-corrected chi connectivity index (χ1v) is 12.7. The summed E-state index contributed by atoms with van der Waals surface area (Å²) in [4.78, 5) is 23.5. The Morgan fingerprint density at radius 1 is 0.432 bits per heavy atom. The maximum Gasteiger partial charge on any atom is 0.133 e. The molecule has 37 heavy (non-hydrogen) atoms. The van der Waals surface area contributed by atoms with Crippen molar-refractivity contribution in [2.24, 2.45) is 11.8 Å². The number of benzene rings is 4. The number of hydrogen-bond donors (Lipinski definition) is 0. The fourth-order valence-electron chi connectivity index (χ4n) is 4.31. The average Bonchev–Trinajstić information content (AvgIpc) is 2.91. The van der Waals surface area contributed by atoms with Gasteiger partial charge in [-0.2, -0.15) is 0 Å². The number of ketones is 2. The number of rotatable bonds is 10. The molecule has 0 aromatic heterocycles. The Hall–Kier alpha value is -3.09. The van der Waals surface area contributed by atoms with E-state index in [4.69, 9.17) is 0 Å². The molecule has 0 radical (unpaired) electrons. The van der Waals surface area contributed by atoms with Crippen LogP contribution in [0.5, 0.6) is 0 Å². The van der Waals surface area contributed by atoms with Crippen molar-refractivity contribution in [1.82, 2.24) is 0 Å². The van der Waals surface area contributed by atoms with Crippen molar-refractivity contribution < 1.29 is 30.7 Å². The van der Waals surface area contributed by atoms with Crippen LogP contribution in [0, 0.1) is 11.8 Å². The van der Waals surface area contributed by atoms with Gasteiger partial charge < -0.3 is 0 Å². The van der Waals surface area contributed by atoms with E-state index in [1.807, 2.05) is 72.8 Å². The summed E-state index contributed by atoms with van der Waals surface area (Å²) < 4.78 is 0. The molecule has 0 N–H and O–H groups in total. The summed E-state index contributed by atoms with van der Waals surface area (Å²) in [6.07, 6.45) is 3.30. The van der Waals surface area contributed by atoms with Crippen molar-refractivity contribution in [3.05, 3.63) is 144 Å². The molecular formula is C34H36O2Pt. The SMILES string of the molecule is CC(=O)C(Cc1ccccc1)Cc1ccccc1.CC(=O)C(Cc1ccccc1)Cc1ccccc1.[Pt]. The normalized spacial score (nSPS) is 10.3. The summed E-state index contributed by atoms with van der Waals surface area (Å²) >= 11 is 0. The third-order valence-corrected chi connectivity index (χ3v) is 6.45. The smallest absolute Gasteiger partial charge is 0.133 e. The Labute approximate surface area is 236 Å². The summed E-state index contributed by atoms with van der Waals surface area (Å²) in [6.45, 7) is 3.38. The van der Waals surface area contributed by atoms with Crippen LogP contribution in [0.25, 0.3) is 0 Å². The summed E-state index contributed by atoms with van der Waals surface area (Å²) in [5.41, 5.74) is 4.92. The second-order valence-corrected chi connectivity index (χ2v) is 9.37. The van der Waals surface area contributed by atoms with Crippen LogP contribution in [0.2, 0.25) is 0 Å². The van der Waals surface area contributed by atoms with Crippen molar-refractivity contribution in [2.75, 3.05) is 0 Å². The van der Waals surface area contributed by atoms with Gasteiger partial charge in [0, 0.05) is 32.9 Å². The minimum atomic E-state index is 0. The fraction of sp³-hybridized carbons (Fsp3) is 0.235. The van der Waals surface area contributed by atoms with Crippen molar-refractivity contribution in [2.45, 2.75) is 39.5 Å². The van der Waals surface area contributed by atoms with Crippen LogP contribution in [-0.4, -0.2) is 11.6 Å². The molecule has 0 fully saturated rings. The second-order valence-electron chi connectivity index (χ2n) is 9.37. The monoisotopic (exact) mass is 671 g/mol. The van der Waals surface area contributed by atoms with Crippen molar-refractivity contribution >= 4 is 11.6 Å². The first-order valence-electron chi connectivity index (χ1n) is 12.7. The molecule has 0 atom stereocenters. The third kappa shape index (κ3) is 11.2. The van der Waals surface area contributed by atoms with Gasteiger partial charge in [-0.25, -0.2) is 0 Å². The van der Waals surface area contributed by atoms with Crippen molar-refractivity contribution in [1.29, 1.82) is 0 Å². The Balaban J connectivity index is 0.000000253. The molecule has 2 nitrogen and oxygen atoms in total. The number of carbonyl (C=O) groups is 2. The van der Waals surface area contributed by atoms with Gasteiger partial charge in [-0.15, -0.1) is 0 Å². The zero-order valence-electron chi connectivity index (χ0n) is 21.7. The van der Waals surface area contributed by atoms with E-state index >= 15 is 0 Å². The summed E-state index contributed by atoms with van der Waals surface area (Å²) in [6, 6.07) is 40.9. The van der Waals surface area contributed by atoms with E-state index in [0.29, 0.717) is 0 Å². The van der Waals surface area contributed by atoms with E-state index in [9.17, 15) is 9.59 Å². The number of hydrogen-bond acceptors (Lipinski definition) is 2. The zero-order chi connectivity index (χ0) is 25.6.